The molecule has 0 spiro atoms. The maximum absolute atomic E-state index is 5.66. The van der Waals surface area contributed by atoms with Crippen molar-refractivity contribution in [2.75, 3.05) is 7.11 Å². The summed E-state index contributed by atoms with van der Waals surface area (Å²) in [6.45, 7) is 3.01. The Morgan fingerprint density at radius 2 is 1.74 bits per heavy atom. The van der Waals surface area contributed by atoms with Crippen LogP contribution in [0.3, 0.4) is 0 Å². The highest BCUT2D eigenvalue weighted by molar-refractivity contribution is 5.87. The number of benzene rings is 4. The van der Waals surface area contributed by atoms with Gasteiger partial charge in [0.2, 0.25) is 0 Å². The van der Waals surface area contributed by atoms with E-state index in [-0.39, 0.29) is 6.04 Å². The third kappa shape index (κ3) is 3.80. The van der Waals surface area contributed by atoms with Crippen molar-refractivity contribution in [3.05, 3.63) is 102 Å². The van der Waals surface area contributed by atoms with Crippen LogP contribution >= 0.6 is 0 Å². The predicted molar refractivity (Wildman–Crippen MR) is 129 cm³/mol. The van der Waals surface area contributed by atoms with Crippen molar-refractivity contribution >= 4 is 21.7 Å². The Kier molecular flexibility index (Phi) is 5.19. The first kappa shape index (κ1) is 19.4. The first-order valence-electron chi connectivity index (χ1n) is 10.7. The molecular formula is C28H26N2O. The quantitative estimate of drug-likeness (QED) is 0.324. The lowest BCUT2D eigenvalue weighted by molar-refractivity contribution is 0.416. The number of aromatic amines is 1. The standard InChI is InChI=1S/C28H26N2O/c1-19(24-9-5-7-21-6-3-4-8-25(21)24)30-18-20-10-13-28(31-2)26(16-20)22-11-12-27-23(17-22)14-15-29-27/h3-17,19,29-30H,18H2,1-2H3/t19-/m1/s1. The van der Waals surface area contributed by atoms with Crippen molar-refractivity contribution in [2.24, 2.45) is 0 Å². The zero-order chi connectivity index (χ0) is 21.2. The second-order valence-corrected chi connectivity index (χ2v) is 7.99. The third-order valence-electron chi connectivity index (χ3n) is 6.03. The Balaban J connectivity index is 1.41. The molecule has 5 rings (SSSR count). The molecule has 0 amide bonds. The number of rotatable bonds is 6. The number of hydrogen-bond donors (Lipinski definition) is 2. The Morgan fingerprint density at radius 1 is 0.871 bits per heavy atom. The van der Waals surface area contributed by atoms with E-state index in [9.17, 15) is 0 Å². The number of hydrogen-bond acceptors (Lipinski definition) is 2. The van der Waals surface area contributed by atoms with Crippen LogP contribution in [0.25, 0.3) is 32.8 Å². The molecule has 0 saturated carbocycles. The molecule has 3 heteroatoms. The maximum atomic E-state index is 5.66. The van der Waals surface area contributed by atoms with Gasteiger partial charge in [0.1, 0.15) is 5.75 Å². The van der Waals surface area contributed by atoms with E-state index in [1.165, 1.54) is 27.3 Å². The fraction of sp³-hybridized carbons (Fsp3) is 0.143. The van der Waals surface area contributed by atoms with Gasteiger partial charge in [0.25, 0.3) is 0 Å². The molecule has 3 nitrogen and oxygen atoms in total. The van der Waals surface area contributed by atoms with Gasteiger partial charge in [-0.3, -0.25) is 0 Å². The molecule has 5 aromatic rings. The Labute approximate surface area is 182 Å². The van der Waals surface area contributed by atoms with E-state index in [1.807, 2.05) is 6.20 Å². The fourth-order valence-electron chi connectivity index (χ4n) is 4.32. The number of nitrogens with one attached hydrogen (secondary N) is 2. The lowest BCUT2D eigenvalue weighted by atomic mass is 9.98. The highest BCUT2D eigenvalue weighted by Crippen LogP contribution is 2.33. The van der Waals surface area contributed by atoms with E-state index in [1.54, 1.807) is 7.11 Å². The molecule has 0 radical (unpaired) electrons. The van der Waals surface area contributed by atoms with Crippen LogP contribution in [0.15, 0.2) is 91.1 Å². The Morgan fingerprint density at radius 3 is 2.65 bits per heavy atom. The summed E-state index contributed by atoms with van der Waals surface area (Å²) in [6, 6.07) is 30.3. The van der Waals surface area contributed by atoms with Crippen LogP contribution in [0.4, 0.5) is 0 Å². The number of methoxy groups -OCH3 is 1. The minimum absolute atomic E-state index is 0.243. The highest BCUT2D eigenvalue weighted by Gasteiger charge is 2.11. The second kappa shape index (κ2) is 8.29. The average molecular weight is 407 g/mol. The van der Waals surface area contributed by atoms with Crippen LogP contribution in [-0.2, 0) is 6.54 Å². The average Bonchev–Trinajstić information content (AvgIpc) is 3.30. The van der Waals surface area contributed by atoms with Gasteiger partial charge in [-0.15, -0.1) is 0 Å². The van der Waals surface area contributed by atoms with E-state index in [2.05, 4.69) is 102 Å². The van der Waals surface area contributed by atoms with Crippen LogP contribution in [0.1, 0.15) is 24.1 Å². The minimum atomic E-state index is 0.243. The Hall–Kier alpha value is -3.56. The van der Waals surface area contributed by atoms with Crippen LogP contribution in [-0.4, -0.2) is 12.1 Å². The van der Waals surface area contributed by atoms with Crippen molar-refractivity contribution < 1.29 is 4.74 Å². The van der Waals surface area contributed by atoms with Crippen LogP contribution < -0.4 is 10.1 Å². The van der Waals surface area contributed by atoms with E-state index in [4.69, 9.17) is 4.74 Å². The van der Waals surface area contributed by atoms with E-state index >= 15 is 0 Å². The molecule has 0 aliphatic heterocycles. The molecule has 0 unspecified atom stereocenters. The summed E-state index contributed by atoms with van der Waals surface area (Å²) >= 11 is 0. The fourth-order valence-corrected chi connectivity index (χ4v) is 4.32. The normalized spacial score (nSPS) is 12.3. The van der Waals surface area contributed by atoms with Crippen molar-refractivity contribution in [1.82, 2.24) is 10.3 Å². The van der Waals surface area contributed by atoms with Gasteiger partial charge in [0, 0.05) is 29.9 Å². The topological polar surface area (TPSA) is 37.0 Å². The SMILES string of the molecule is COc1ccc(CN[C@H](C)c2cccc3ccccc23)cc1-c1ccc2[nH]ccc2c1. The van der Waals surface area contributed by atoms with Gasteiger partial charge in [-0.2, -0.15) is 0 Å². The van der Waals surface area contributed by atoms with Gasteiger partial charge < -0.3 is 15.0 Å². The van der Waals surface area contributed by atoms with Crippen molar-refractivity contribution in [3.8, 4) is 16.9 Å². The highest BCUT2D eigenvalue weighted by atomic mass is 16.5. The Bertz CT molecular complexity index is 1350. The first-order valence-corrected chi connectivity index (χ1v) is 10.7. The zero-order valence-electron chi connectivity index (χ0n) is 17.9. The van der Waals surface area contributed by atoms with Crippen LogP contribution in [0.2, 0.25) is 0 Å². The monoisotopic (exact) mass is 406 g/mol. The van der Waals surface area contributed by atoms with Gasteiger partial charge in [-0.05, 0) is 70.1 Å². The summed E-state index contributed by atoms with van der Waals surface area (Å²) in [4.78, 5) is 3.26. The summed E-state index contributed by atoms with van der Waals surface area (Å²) in [7, 11) is 1.73. The summed E-state index contributed by atoms with van der Waals surface area (Å²) in [5, 5.41) is 7.49. The molecule has 2 N–H and O–H groups in total. The van der Waals surface area contributed by atoms with Crippen molar-refractivity contribution in [3.63, 3.8) is 0 Å². The van der Waals surface area contributed by atoms with Crippen molar-refractivity contribution in [2.45, 2.75) is 19.5 Å². The molecule has 4 aromatic carbocycles. The zero-order valence-corrected chi connectivity index (χ0v) is 17.9. The van der Waals surface area contributed by atoms with E-state index in [0.29, 0.717) is 0 Å². The number of aromatic nitrogens is 1. The van der Waals surface area contributed by atoms with Crippen molar-refractivity contribution in [1.29, 1.82) is 0 Å². The second-order valence-electron chi connectivity index (χ2n) is 7.99. The molecular weight excluding hydrogens is 380 g/mol. The van der Waals surface area contributed by atoms with Gasteiger partial charge >= 0.3 is 0 Å². The number of fused-ring (bicyclic) bond motifs is 2. The summed E-state index contributed by atoms with van der Waals surface area (Å²) in [6.07, 6.45) is 1.97. The molecule has 0 saturated heterocycles. The van der Waals surface area contributed by atoms with Gasteiger partial charge in [-0.1, -0.05) is 54.6 Å². The molecule has 0 aliphatic carbocycles. The number of ether oxygens (including phenoxy) is 1. The van der Waals surface area contributed by atoms with E-state index < -0.39 is 0 Å². The van der Waals surface area contributed by atoms with Gasteiger partial charge in [0.15, 0.2) is 0 Å². The first-order chi connectivity index (χ1) is 15.2. The maximum Gasteiger partial charge on any atom is 0.126 e. The molecule has 31 heavy (non-hydrogen) atoms. The smallest absolute Gasteiger partial charge is 0.126 e. The summed E-state index contributed by atoms with van der Waals surface area (Å²) in [5.74, 6) is 0.890. The van der Waals surface area contributed by atoms with Gasteiger partial charge in [-0.25, -0.2) is 0 Å². The molecule has 1 heterocycles. The lowest BCUT2D eigenvalue weighted by Gasteiger charge is -2.18. The lowest BCUT2D eigenvalue weighted by Crippen LogP contribution is -2.18. The van der Waals surface area contributed by atoms with Crippen LogP contribution in [0, 0.1) is 0 Å². The number of H-pyrrole nitrogens is 1. The summed E-state index contributed by atoms with van der Waals surface area (Å²) in [5.41, 5.74) is 5.97. The molecule has 0 bridgehead atoms. The predicted octanol–water partition coefficient (Wildman–Crippen LogP) is 6.85. The van der Waals surface area contributed by atoms with E-state index in [0.717, 1.165) is 28.9 Å². The molecule has 1 atom stereocenters. The van der Waals surface area contributed by atoms with Gasteiger partial charge in [0.05, 0.1) is 7.11 Å². The molecule has 154 valence electrons. The third-order valence-corrected chi connectivity index (χ3v) is 6.03. The minimum Gasteiger partial charge on any atom is -0.496 e. The summed E-state index contributed by atoms with van der Waals surface area (Å²) < 4.78 is 5.66. The van der Waals surface area contributed by atoms with Crippen LogP contribution in [0.5, 0.6) is 5.75 Å². The molecule has 1 aromatic heterocycles. The molecule has 0 aliphatic rings. The molecule has 0 fully saturated rings. The largest absolute Gasteiger partial charge is 0.496 e.